The largest absolute Gasteiger partial charge is 0.0622 e. The molecule has 0 aromatic heterocycles. The molecule has 2 fully saturated rings. The van der Waals surface area contributed by atoms with Gasteiger partial charge in [0.25, 0.3) is 0 Å². The maximum absolute atomic E-state index is 6.12. The molecule has 0 amide bonds. The summed E-state index contributed by atoms with van der Waals surface area (Å²) < 4.78 is 6.12. The van der Waals surface area contributed by atoms with Gasteiger partial charge in [0.1, 0.15) is 6.61 Å². The summed E-state index contributed by atoms with van der Waals surface area (Å²) in [5, 5.41) is 7.15. The first-order valence-electron chi connectivity index (χ1n) is 19.0. The normalized spacial score (nSPS) is 18.6. The molecule has 2 nitrogen and oxygen atoms in total. The molecule has 8 rings (SSSR count). The zero-order valence-corrected chi connectivity index (χ0v) is 37.5. The first kappa shape index (κ1) is 44.9. The minimum Gasteiger partial charge on any atom is -0.0622 e. The first-order chi connectivity index (χ1) is 26.1. The number of ether oxygens (including phenoxy) is 1. The van der Waals surface area contributed by atoms with E-state index in [1.54, 1.807) is 0 Å². The van der Waals surface area contributed by atoms with Gasteiger partial charge in [-0.1, -0.05) is 204 Å². The Labute approximate surface area is 354 Å². The van der Waals surface area contributed by atoms with Gasteiger partial charge in [0.15, 0.2) is 5.90 Å². The van der Waals surface area contributed by atoms with Gasteiger partial charge in [-0.2, -0.15) is 0 Å². The van der Waals surface area contributed by atoms with Gasteiger partial charge in [0.05, 0.1) is 6.04 Å². The van der Waals surface area contributed by atoms with Crippen LogP contribution in [-0.4, -0.2) is 24.2 Å². The van der Waals surface area contributed by atoms with Gasteiger partial charge in [0.2, 0.25) is 0 Å². The van der Waals surface area contributed by atoms with E-state index in [-0.39, 0.29) is 32.2 Å². The molecule has 3 aliphatic rings. The van der Waals surface area contributed by atoms with Crippen molar-refractivity contribution in [2.75, 3.05) is 6.61 Å². The maximum Gasteiger partial charge on any atom is 0 e. The molecular formula is C46H53Cl2FeNOP2Ru. The van der Waals surface area contributed by atoms with Crippen LogP contribution in [-0.2, 0) is 37.0 Å². The van der Waals surface area contributed by atoms with Crippen LogP contribution in [0.1, 0.15) is 65.2 Å². The summed E-state index contributed by atoms with van der Waals surface area (Å²) in [6.07, 6.45) is 11.3. The van der Waals surface area contributed by atoms with Crippen molar-refractivity contribution in [3.8, 4) is 0 Å². The molecule has 54 heavy (non-hydrogen) atoms. The number of hydrogen-bond donors (Lipinski definition) is 0. The van der Waals surface area contributed by atoms with E-state index in [1.807, 2.05) is 0 Å². The molecule has 1 aliphatic heterocycles. The number of benzene rings is 5. The SMILES string of the molecule is C1CCCC1.CC(C)[C@@H]1COC(C2CCCC2P(c2ccccc2)c2ccccc2)=N1.[Cl][Ru][Cl].[Fe].c1ccc(P(c2ccccc2)c2ccccc2)cc1. The van der Waals surface area contributed by atoms with Crippen molar-refractivity contribution in [2.24, 2.45) is 16.8 Å². The van der Waals surface area contributed by atoms with Crippen LogP contribution in [0.15, 0.2) is 157 Å². The Morgan fingerprint density at radius 2 is 0.907 bits per heavy atom. The fourth-order valence-electron chi connectivity index (χ4n) is 7.26. The Kier molecular flexibility index (Phi) is 21.1. The summed E-state index contributed by atoms with van der Waals surface area (Å²) in [7, 11) is 8.86. The molecule has 0 spiro atoms. The predicted molar refractivity (Wildman–Crippen MR) is 232 cm³/mol. The molecule has 2 aliphatic carbocycles. The van der Waals surface area contributed by atoms with Crippen LogP contribution >= 0.6 is 35.2 Å². The smallest absolute Gasteiger partial charge is 0 e. The molecule has 8 heteroatoms. The third kappa shape index (κ3) is 13.7. The van der Waals surface area contributed by atoms with Crippen molar-refractivity contribution in [3.63, 3.8) is 0 Å². The third-order valence-corrected chi connectivity index (χ3v) is 15.4. The van der Waals surface area contributed by atoms with Gasteiger partial charge in [0, 0.05) is 23.0 Å². The second kappa shape index (κ2) is 25.4. The van der Waals surface area contributed by atoms with E-state index in [4.69, 9.17) is 29.1 Å². The molecular weight excluding hydrogens is 872 g/mol. The van der Waals surface area contributed by atoms with Gasteiger partial charge in [-0.3, -0.25) is 0 Å². The number of rotatable bonds is 8. The van der Waals surface area contributed by atoms with E-state index in [1.165, 1.54) is 77.9 Å². The predicted octanol–water partition coefficient (Wildman–Crippen LogP) is 11.5. The topological polar surface area (TPSA) is 21.6 Å². The summed E-state index contributed by atoms with van der Waals surface area (Å²) >= 11 is -0.346. The van der Waals surface area contributed by atoms with Crippen molar-refractivity contribution in [3.05, 3.63) is 152 Å². The number of nitrogens with zero attached hydrogens (tertiary/aromatic N) is 1. The average molecular weight is 926 g/mol. The molecule has 2 saturated carbocycles. The van der Waals surface area contributed by atoms with E-state index in [0.29, 0.717) is 23.5 Å². The minimum absolute atomic E-state index is 0. The van der Waals surface area contributed by atoms with E-state index >= 15 is 0 Å². The summed E-state index contributed by atoms with van der Waals surface area (Å²) in [5.74, 6) is 2.08. The molecule has 2 unspecified atom stereocenters. The monoisotopic (exact) mass is 925 g/mol. The summed E-state index contributed by atoms with van der Waals surface area (Å²) in [6.45, 7) is 5.26. The van der Waals surface area contributed by atoms with Crippen molar-refractivity contribution >= 4 is 67.6 Å². The Morgan fingerprint density at radius 1 is 0.556 bits per heavy atom. The molecule has 0 saturated heterocycles. The van der Waals surface area contributed by atoms with Gasteiger partial charge in [-0.15, -0.1) is 0 Å². The fourth-order valence-corrected chi connectivity index (χ4v) is 12.7. The quantitative estimate of drug-likeness (QED) is 0.112. The molecule has 1 heterocycles. The van der Waals surface area contributed by atoms with Crippen LogP contribution in [0.4, 0.5) is 0 Å². The zero-order chi connectivity index (χ0) is 37.1. The van der Waals surface area contributed by atoms with Crippen LogP contribution in [0, 0.1) is 11.8 Å². The molecule has 0 N–H and O–H groups in total. The summed E-state index contributed by atoms with van der Waals surface area (Å²) in [6, 6.07) is 54.8. The average Bonchev–Trinajstić information content (AvgIpc) is 4.03. The second-order valence-electron chi connectivity index (χ2n) is 13.9. The van der Waals surface area contributed by atoms with E-state index in [0.717, 1.165) is 12.5 Å². The molecule has 3 atom stereocenters. The molecule has 0 radical (unpaired) electrons. The minimum atomic E-state index is -0.446. The van der Waals surface area contributed by atoms with Gasteiger partial charge in [-0.25, -0.2) is 4.99 Å². The number of halogens is 2. The molecule has 288 valence electrons. The van der Waals surface area contributed by atoms with Gasteiger partial charge < -0.3 is 4.74 Å². The Hall–Kier alpha value is -1.85. The third-order valence-electron chi connectivity index (χ3n) is 9.95. The van der Waals surface area contributed by atoms with Gasteiger partial charge >= 0.3 is 34.5 Å². The van der Waals surface area contributed by atoms with Crippen LogP contribution in [0.5, 0.6) is 0 Å². The fraction of sp³-hybridized carbons (Fsp3) is 0.326. The van der Waals surface area contributed by atoms with E-state index in [9.17, 15) is 0 Å². The van der Waals surface area contributed by atoms with Crippen molar-refractivity contribution in [1.82, 2.24) is 0 Å². The van der Waals surface area contributed by atoms with Crippen molar-refractivity contribution in [2.45, 2.75) is 76.9 Å². The van der Waals surface area contributed by atoms with Crippen LogP contribution in [0.2, 0.25) is 0 Å². The summed E-state index contributed by atoms with van der Waals surface area (Å²) in [4.78, 5) is 4.99. The Balaban J connectivity index is 0.000000203. The Morgan fingerprint density at radius 3 is 1.24 bits per heavy atom. The van der Waals surface area contributed by atoms with E-state index in [2.05, 4.69) is 166 Å². The van der Waals surface area contributed by atoms with Crippen LogP contribution in [0.3, 0.4) is 0 Å². The van der Waals surface area contributed by atoms with Crippen LogP contribution < -0.4 is 26.5 Å². The molecule has 5 aromatic rings. The van der Waals surface area contributed by atoms with Gasteiger partial charge in [-0.05, 0) is 66.8 Å². The number of hydrogen-bond acceptors (Lipinski definition) is 2. The standard InChI is InChI=1S/C23H28NOP.C18H15P.C5H10.2ClH.Fe.Ru/c1-17(2)21-16-25-23(24-21)20-14-9-15-22(20)26(18-10-5-3-6-11-18)19-12-7-4-8-13-19;1-4-10-16(11-5-1)19(17-12-6-2-7-13-17)18-14-8-3-9-15-18;1-2-4-5-3-1;;;;/h3-8,10-13,17,20-22H,9,14-16H2,1-2H3;1-15H;1-5H2;2*1H;;/q;;;;;;+2/p-2/t20?,21-,22?;;;;;;/m0....../s1. The maximum atomic E-state index is 6.12. The number of aliphatic imine (C=N–C) groups is 1. The summed E-state index contributed by atoms with van der Waals surface area (Å²) in [5.41, 5.74) is 0.625. The van der Waals surface area contributed by atoms with Crippen LogP contribution in [0.25, 0.3) is 0 Å². The molecule has 0 bridgehead atoms. The second-order valence-corrected chi connectivity index (χ2v) is 21.2. The van der Waals surface area contributed by atoms with Crippen molar-refractivity contribution in [1.29, 1.82) is 0 Å². The Bertz CT molecular complexity index is 1600. The molecule has 5 aromatic carbocycles. The first-order valence-corrected chi connectivity index (χ1v) is 26.2. The zero-order valence-electron chi connectivity index (χ0n) is 31.3. The van der Waals surface area contributed by atoms with Crippen molar-refractivity contribution < 1.29 is 37.0 Å². The van der Waals surface area contributed by atoms with E-state index < -0.39 is 15.8 Å².